The number of fused-ring (bicyclic) bond motifs is 1. The first-order valence-electron chi connectivity index (χ1n) is 7.49. The molecule has 0 amide bonds. The van der Waals surface area contributed by atoms with Crippen molar-refractivity contribution in [3.63, 3.8) is 0 Å². The van der Waals surface area contributed by atoms with Gasteiger partial charge in [-0.05, 0) is 24.3 Å². The van der Waals surface area contributed by atoms with Crippen LogP contribution in [0.3, 0.4) is 0 Å². The number of nitrogens with zero attached hydrogens (tertiary/aromatic N) is 2. The molecule has 134 valence electrons. The third-order valence-corrected chi connectivity index (χ3v) is 5.04. The van der Waals surface area contributed by atoms with Gasteiger partial charge in [-0.15, -0.1) is 10.2 Å². The van der Waals surface area contributed by atoms with E-state index >= 15 is 0 Å². The third-order valence-electron chi connectivity index (χ3n) is 3.64. The second-order valence-corrected chi connectivity index (χ2v) is 7.09. The molecule has 0 fully saturated rings. The molecule has 3 aromatic rings. The lowest BCUT2D eigenvalue weighted by Crippen LogP contribution is -2.23. The van der Waals surface area contributed by atoms with Crippen LogP contribution in [0.2, 0.25) is 0 Å². The fourth-order valence-corrected chi connectivity index (χ4v) is 3.34. The number of halogens is 1. The molecule has 8 nitrogen and oxygen atoms in total. The Hall–Kier alpha value is -2.98. The fraction of sp³-hybridized carbons (Fsp3) is 0.125. The van der Waals surface area contributed by atoms with Crippen LogP contribution in [0, 0.1) is 5.82 Å². The third kappa shape index (κ3) is 3.11. The summed E-state index contributed by atoms with van der Waals surface area (Å²) < 4.78 is 56.5. The van der Waals surface area contributed by atoms with E-state index in [1.54, 1.807) is 6.07 Å². The minimum Gasteiger partial charge on any atom is -0.454 e. The normalized spacial score (nSPS) is 13.1. The standard InChI is InChI=1S/C16H12FN3O5S/c17-12-4-2-1-3-11(12)16-20-19-15(25-16)8-18-26(21,22)10-5-6-13-14(7-10)24-9-23-13/h1-7,18H,8-9H2. The number of hydrogen-bond donors (Lipinski definition) is 1. The molecule has 0 radical (unpaired) electrons. The second kappa shape index (κ2) is 6.39. The van der Waals surface area contributed by atoms with Crippen LogP contribution in [0.15, 0.2) is 51.8 Å². The highest BCUT2D eigenvalue weighted by Gasteiger charge is 2.21. The molecule has 0 saturated heterocycles. The molecular weight excluding hydrogens is 365 g/mol. The Balaban J connectivity index is 1.50. The second-order valence-electron chi connectivity index (χ2n) is 5.32. The van der Waals surface area contributed by atoms with Crippen molar-refractivity contribution in [3.05, 3.63) is 54.2 Å². The molecule has 0 aliphatic carbocycles. The molecule has 0 spiro atoms. The quantitative estimate of drug-likeness (QED) is 0.726. The van der Waals surface area contributed by atoms with Crippen molar-refractivity contribution >= 4 is 10.0 Å². The van der Waals surface area contributed by atoms with E-state index in [1.165, 1.54) is 36.4 Å². The van der Waals surface area contributed by atoms with Crippen molar-refractivity contribution < 1.29 is 26.7 Å². The van der Waals surface area contributed by atoms with E-state index in [9.17, 15) is 12.8 Å². The van der Waals surface area contributed by atoms with E-state index in [0.29, 0.717) is 11.5 Å². The van der Waals surface area contributed by atoms with Crippen LogP contribution in [-0.4, -0.2) is 25.4 Å². The molecule has 1 aromatic heterocycles. The monoisotopic (exact) mass is 377 g/mol. The summed E-state index contributed by atoms with van der Waals surface area (Å²) in [7, 11) is -3.83. The number of sulfonamides is 1. The minimum absolute atomic E-state index is 0.00701. The van der Waals surface area contributed by atoms with Crippen LogP contribution in [0.5, 0.6) is 11.5 Å². The molecule has 4 rings (SSSR count). The average Bonchev–Trinajstić information content (AvgIpc) is 3.29. The molecule has 1 aliphatic rings. The van der Waals surface area contributed by atoms with Gasteiger partial charge >= 0.3 is 0 Å². The Labute approximate surface area is 147 Å². The van der Waals surface area contributed by atoms with E-state index in [0.717, 1.165) is 0 Å². The number of benzene rings is 2. The highest BCUT2D eigenvalue weighted by molar-refractivity contribution is 7.89. The van der Waals surface area contributed by atoms with Crippen LogP contribution in [0.1, 0.15) is 5.89 Å². The zero-order valence-corrected chi connectivity index (χ0v) is 14.0. The average molecular weight is 377 g/mol. The molecule has 2 heterocycles. The Morgan fingerprint density at radius 1 is 1.08 bits per heavy atom. The molecule has 26 heavy (non-hydrogen) atoms. The van der Waals surface area contributed by atoms with Crippen molar-refractivity contribution in [1.82, 2.24) is 14.9 Å². The SMILES string of the molecule is O=S(=O)(NCc1nnc(-c2ccccc2F)o1)c1ccc2c(c1)OCO2. The maximum absolute atomic E-state index is 13.7. The van der Waals surface area contributed by atoms with Gasteiger partial charge in [0.2, 0.25) is 22.7 Å². The van der Waals surface area contributed by atoms with Crippen LogP contribution in [0.4, 0.5) is 4.39 Å². The largest absolute Gasteiger partial charge is 0.454 e. The van der Waals surface area contributed by atoms with Gasteiger partial charge in [0, 0.05) is 6.07 Å². The summed E-state index contributed by atoms with van der Waals surface area (Å²) in [6.07, 6.45) is 0. The predicted molar refractivity (Wildman–Crippen MR) is 86.3 cm³/mol. The van der Waals surface area contributed by atoms with Gasteiger partial charge in [0.1, 0.15) is 5.82 Å². The summed E-state index contributed by atoms with van der Waals surface area (Å²) >= 11 is 0. The van der Waals surface area contributed by atoms with E-state index in [2.05, 4.69) is 14.9 Å². The number of nitrogens with one attached hydrogen (secondary N) is 1. The van der Waals surface area contributed by atoms with E-state index in [-0.39, 0.29) is 35.6 Å². The van der Waals surface area contributed by atoms with Gasteiger partial charge in [-0.3, -0.25) is 0 Å². The Kier molecular flexibility index (Phi) is 4.05. The van der Waals surface area contributed by atoms with Crippen molar-refractivity contribution in [2.24, 2.45) is 0 Å². The first-order valence-corrected chi connectivity index (χ1v) is 8.98. The fourth-order valence-electron chi connectivity index (χ4n) is 2.35. The van der Waals surface area contributed by atoms with E-state index in [4.69, 9.17) is 13.9 Å². The van der Waals surface area contributed by atoms with Gasteiger partial charge in [0.25, 0.3) is 5.89 Å². The summed E-state index contributed by atoms with van der Waals surface area (Å²) in [5, 5.41) is 7.47. The topological polar surface area (TPSA) is 104 Å². The molecule has 10 heteroatoms. The smallest absolute Gasteiger partial charge is 0.250 e. The maximum Gasteiger partial charge on any atom is 0.250 e. The van der Waals surface area contributed by atoms with Gasteiger partial charge in [-0.2, -0.15) is 0 Å². The number of aromatic nitrogens is 2. The zero-order chi connectivity index (χ0) is 18.1. The number of rotatable bonds is 5. The molecule has 2 aromatic carbocycles. The van der Waals surface area contributed by atoms with E-state index < -0.39 is 15.8 Å². The lowest BCUT2D eigenvalue weighted by Gasteiger charge is -2.05. The lowest BCUT2D eigenvalue weighted by molar-refractivity contribution is 0.174. The van der Waals surface area contributed by atoms with Crippen molar-refractivity contribution in [1.29, 1.82) is 0 Å². The van der Waals surface area contributed by atoms with Gasteiger partial charge in [0.05, 0.1) is 17.0 Å². The molecule has 1 N–H and O–H groups in total. The first-order chi connectivity index (χ1) is 12.5. The van der Waals surface area contributed by atoms with Gasteiger partial charge in [0.15, 0.2) is 11.5 Å². The Morgan fingerprint density at radius 3 is 2.73 bits per heavy atom. The molecule has 0 unspecified atom stereocenters. The molecule has 0 saturated carbocycles. The molecule has 1 aliphatic heterocycles. The predicted octanol–water partition coefficient (Wildman–Crippen LogP) is 2.08. The molecule has 0 atom stereocenters. The summed E-state index contributed by atoms with van der Waals surface area (Å²) in [5.74, 6) is 0.305. The highest BCUT2D eigenvalue weighted by atomic mass is 32.2. The van der Waals surface area contributed by atoms with Crippen molar-refractivity contribution in [2.75, 3.05) is 6.79 Å². The summed E-state index contributed by atoms with van der Waals surface area (Å²) in [5.41, 5.74) is 0.143. The van der Waals surface area contributed by atoms with Crippen molar-refractivity contribution in [3.8, 4) is 23.0 Å². The van der Waals surface area contributed by atoms with Crippen LogP contribution >= 0.6 is 0 Å². The highest BCUT2D eigenvalue weighted by Crippen LogP contribution is 2.33. The first kappa shape index (κ1) is 16.5. The number of hydrogen-bond acceptors (Lipinski definition) is 7. The van der Waals surface area contributed by atoms with Gasteiger partial charge in [-0.25, -0.2) is 17.5 Å². The summed E-state index contributed by atoms with van der Waals surface area (Å²) in [4.78, 5) is 0.00981. The summed E-state index contributed by atoms with van der Waals surface area (Å²) in [6.45, 7) is -0.189. The van der Waals surface area contributed by atoms with Crippen molar-refractivity contribution in [2.45, 2.75) is 11.4 Å². The minimum atomic E-state index is -3.83. The molecule has 0 bridgehead atoms. The lowest BCUT2D eigenvalue weighted by atomic mass is 10.2. The van der Waals surface area contributed by atoms with Crippen LogP contribution < -0.4 is 14.2 Å². The van der Waals surface area contributed by atoms with Crippen LogP contribution in [0.25, 0.3) is 11.5 Å². The Bertz CT molecular complexity index is 1070. The van der Waals surface area contributed by atoms with Crippen LogP contribution in [-0.2, 0) is 16.6 Å². The zero-order valence-electron chi connectivity index (χ0n) is 13.2. The van der Waals surface area contributed by atoms with E-state index in [1.807, 2.05) is 0 Å². The molecular formula is C16H12FN3O5S. The van der Waals surface area contributed by atoms with Gasteiger partial charge < -0.3 is 13.9 Å². The summed E-state index contributed by atoms with van der Waals surface area (Å²) in [6, 6.07) is 10.2. The number of ether oxygens (including phenoxy) is 2. The van der Waals surface area contributed by atoms with Gasteiger partial charge in [-0.1, -0.05) is 12.1 Å². The maximum atomic E-state index is 13.7. The Morgan fingerprint density at radius 2 is 1.88 bits per heavy atom.